The van der Waals surface area contributed by atoms with E-state index in [0.29, 0.717) is 40.6 Å². The number of nitrogens with zero attached hydrogens (tertiary/aromatic N) is 3. The number of amides is 1. The average Bonchev–Trinajstić information content (AvgIpc) is 3.50. The number of benzene rings is 3. The fourth-order valence-corrected chi connectivity index (χ4v) is 8.33. The van der Waals surface area contributed by atoms with Crippen molar-refractivity contribution in [2.24, 2.45) is 5.92 Å². The van der Waals surface area contributed by atoms with Crippen LogP contribution < -0.4 is 5.32 Å². The Hall–Kier alpha value is -3.60. The van der Waals surface area contributed by atoms with Gasteiger partial charge in [-0.15, -0.1) is 0 Å². The molecule has 0 bridgehead atoms. The van der Waals surface area contributed by atoms with Crippen molar-refractivity contribution >= 4 is 51.8 Å². The van der Waals surface area contributed by atoms with Crippen molar-refractivity contribution in [3.8, 4) is 0 Å². The largest absolute Gasteiger partial charge is 0.465 e. The SMILES string of the molecule is COC(=O)c1ccc2c(c1)nc1n2CC[C@H]2[C@@H]1[C@H](c1cccc(Cl)c1F)[C@](C)(C(=O)Nc1cccc(Cl)c1)N2CC1CC(F)(F)C1. The van der Waals surface area contributed by atoms with Crippen LogP contribution in [0.3, 0.4) is 0 Å². The van der Waals surface area contributed by atoms with Crippen LogP contribution in [0.1, 0.15) is 59.8 Å². The van der Waals surface area contributed by atoms with Gasteiger partial charge in [-0.25, -0.2) is 22.9 Å². The van der Waals surface area contributed by atoms with Crippen molar-refractivity contribution in [3.63, 3.8) is 0 Å². The van der Waals surface area contributed by atoms with Crippen LogP contribution in [-0.4, -0.2) is 57.5 Å². The highest BCUT2D eigenvalue weighted by Crippen LogP contribution is 2.58. The number of aryl methyl sites for hydroxylation is 1. The molecule has 1 amide bonds. The van der Waals surface area contributed by atoms with Gasteiger partial charge in [-0.2, -0.15) is 0 Å². The van der Waals surface area contributed by atoms with Crippen molar-refractivity contribution in [3.05, 3.63) is 93.5 Å². The minimum atomic E-state index is -2.75. The van der Waals surface area contributed by atoms with Crippen LogP contribution in [0, 0.1) is 11.7 Å². The van der Waals surface area contributed by atoms with Crippen molar-refractivity contribution in [1.82, 2.24) is 14.5 Å². The summed E-state index contributed by atoms with van der Waals surface area (Å²) >= 11 is 12.6. The zero-order chi connectivity index (χ0) is 32.5. The van der Waals surface area contributed by atoms with E-state index in [1.54, 1.807) is 55.5 Å². The number of nitrogens with one attached hydrogen (secondary N) is 1. The second kappa shape index (κ2) is 11.3. The smallest absolute Gasteiger partial charge is 0.337 e. The lowest BCUT2D eigenvalue weighted by Gasteiger charge is -2.45. The number of aromatic nitrogens is 2. The molecule has 7 nitrogen and oxygen atoms in total. The summed E-state index contributed by atoms with van der Waals surface area (Å²) < 4.78 is 51.3. The monoisotopic (exact) mass is 670 g/mol. The average molecular weight is 672 g/mol. The molecule has 0 radical (unpaired) electrons. The number of hydrogen-bond donors (Lipinski definition) is 1. The number of carbonyl (C=O) groups excluding carboxylic acids is 2. The van der Waals surface area contributed by atoms with Gasteiger partial charge in [0.2, 0.25) is 11.8 Å². The molecule has 3 heterocycles. The predicted molar refractivity (Wildman–Crippen MR) is 169 cm³/mol. The van der Waals surface area contributed by atoms with Crippen LogP contribution in [0.5, 0.6) is 0 Å². The summed E-state index contributed by atoms with van der Waals surface area (Å²) in [6, 6.07) is 16.3. The number of halogens is 5. The lowest BCUT2D eigenvalue weighted by molar-refractivity contribution is -0.135. The third-order valence-electron chi connectivity index (χ3n) is 10.0. The maximum atomic E-state index is 16.2. The molecule has 0 unspecified atom stereocenters. The molecule has 12 heteroatoms. The van der Waals surface area contributed by atoms with Gasteiger partial charge in [0.1, 0.15) is 17.2 Å². The van der Waals surface area contributed by atoms with Crippen molar-refractivity contribution in [2.75, 3.05) is 19.0 Å². The molecule has 240 valence electrons. The molecule has 2 fully saturated rings. The lowest BCUT2D eigenvalue weighted by Crippen LogP contribution is -2.58. The van der Waals surface area contributed by atoms with E-state index in [4.69, 9.17) is 32.9 Å². The molecular formula is C34H31Cl2F3N4O3. The molecule has 1 aliphatic carbocycles. The number of likely N-dealkylation sites (tertiary alicyclic amines) is 1. The van der Waals surface area contributed by atoms with Gasteiger partial charge in [-0.05, 0) is 67.3 Å². The number of fused-ring (bicyclic) bond motifs is 5. The first-order chi connectivity index (χ1) is 21.9. The molecule has 1 aromatic heterocycles. The molecular weight excluding hydrogens is 640 g/mol. The summed E-state index contributed by atoms with van der Waals surface area (Å²) in [6.07, 6.45) is -0.000504. The van der Waals surface area contributed by atoms with Crippen molar-refractivity contribution < 1.29 is 27.5 Å². The van der Waals surface area contributed by atoms with E-state index in [1.165, 1.54) is 13.2 Å². The molecule has 1 saturated carbocycles. The molecule has 1 saturated heterocycles. The van der Waals surface area contributed by atoms with Crippen LogP contribution >= 0.6 is 23.2 Å². The first-order valence-corrected chi connectivity index (χ1v) is 15.9. The molecule has 1 N–H and O–H groups in total. The van der Waals surface area contributed by atoms with Crippen molar-refractivity contribution in [2.45, 2.75) is 62.1 Å². The van der Waals surface area contributed by atoms with E-state index >= 15 is 4.39 Å². The van der Waals surface area contributed by atoms with Crippen LogP contribution in [0.4, 0.5) is 18.9 Å². The first-order valence-electron chi connectivity index (χ1n) is 15.2. The highest BCUT2D eigenvalue weighted by Gasteiger charge is 2.64. The maximum absolute atomic E-state index is 16.2. The summed E-state index contributed by atoms with van der Waals surface area (Å²) in [5.41, 5.74) is 0.960. The standard InChI is InChI=1S/C34H31Cl2F3N4O3/c1-33(32(45)40-21-6-3-5-20(35)14-21)28(22-7-4-8-23(36)29(22)37)27-26(43(33)17-18-15-34(38,39)16-18)11-12-42-25-10-9-19(31(44)46-2)13-24(25)41-30(27)42/h3-10,13-14,18,26-28H,11-12,15-17H2,1-2H3,(H,40,45)/t26-,27+,28-,33+/m0/s1. The lowest BCUT2D eigenvalue weighted by atomic mass is 9.72. The Bertz CT molecular complexity index is 1880. The quantitative estimate of drug-likeness (QED) is 0.213. The Morgan fingerprint density at radius 3 is 2.57 bits per heavy atom. The Balaban J connectivity index is 1.42. The van der Waals surface area contributed by atoms with E-state index in [2.05, 4.69) is 5.32 Å². The minimum Gasteiger partial charge on any atom is -0.465 e. The Labute approximate surface area is 273 Å². The number of carbonyl (C=O) groups is 2. The van der Waals surface area contributed by atoms with E-state index < -0.39 is 41.0 Å². The van der Waals surface area contributed by atoms with Gasteiger partial charge in [0.05, 0.1) is 28.7 Å². The zero-order valence-electron chi connectivity index (χ0n) is 25.1. The Morgan fingerprint density at radius 2 is 1.85 bits per heavy atom. The van der Waals surface area contributed by atoms with Crippen LogP contribution in [-0.2, 0) is 16.1 Å². The molecule has 0 spiro atoms. The summed E-state index contributed by atoms with van der Waals surface area (Å²) in [4.78, 5) is 34.0. The van der Waals surface area contributed by atoms with E-state index in [1.807, 2.05) is 15.5 Å². The molecule has 3 aromatic carbocycles. The number of ether oxygens (including phenoxy) is 1. The first kappa shape index (κ1) is 31.0. The maximum Gasteiger partial charge on any atom is 0.337 e. The minimum absolute atomic E-state index is 0.0873. The van der Waals surface area contributed by atoms with Gasteiger partial charge in [-0.3, -0.25) is 9.69 Å². The van der Waals surface area contributed by atoms with E-state index in [9.17, 15) is 18.4 Å². The van der Waals surface area contributed by atoms with Gasteiger partial charge in [0, 0.05) is 54.5 Å². The van der Waals surface area contributed by atoms with Gasteiger partial charge >= 0.3 is 5.97 Å². The van der Waals surface area contributed by atoms with E-state index in [-0.39, 0.29) is 41.9 Å². The predicted octanol–water partition coefficient (Wildman–Crippen LogP) is 7.67. The number of methoxy groups -OCH3 is 1. The fourth-order valence-electron chi connectivity index (χ4n) is 7.96. The summed E-state index contributed by atoms with van der Waals surface area (Å²) in [7, 11) is 1.31. The number of esters is 1. The number of imidazole rings is 1. The highest BCUT2D eigenvalue weighted by molar-refractivity contribution is 6.31. The fraction of sp³-hybridized carbons (Fsp3) is 0.382. The Morgan fingerprint density at radius 1 is 1.09 bits per heavy atom. The molecule has 4 aromatic rings. The van der Waals surface area contributed by atoms with Crippen LogP contribution in [0.25, 0.3) is 11.0 Å². The summed E-state index contributed by atoms with van der Waals surface area (Å²) in [5.74, 6) is -5.37. The molecule has 2 aliphatic heterocycles. The summed E-state index contributed by atoms with van der Waals surface area (Å²) in [6.45, 7) is 2.51. The molecule has 4 atom stereocenters. The molecule has 46 heavy (non-hydrogen) atoms. The third-order valence-corrected chi connectivity index (χ3v) is 10.5. The second-order valence-corrected chi connectivity index (χ2v) is 13.6. The van der Waals surface area contributed by atoms with Gasteiger partial charge in [0.25, 0.3) is 0 Å². The van der Waals surface area contributed by atoms with Gasteiger partial charge in [-0.1, -0.05) is 41.4 Å². The number of rotatable bonds is 6. The molecule has 7 rings (SSSR count). The third kappa shape index (κ3) is 4.96. The normalized spacial score (nSPS) is 25.5. The number of alkyl halides is 2. The zero-order valence-corrected chi connectivity index (χ0v) is 26.6. The van der Waals surface area contributed by atoms with Gasteiger partial charge in [0.15, 0.2) is 0 Å². The highest BCUT2D eigenvalue weighted by atomic mass is 35.5. The Kier molecular flexibility index (Phi) is 7.61. The number of anilines is 1. The summed E-state index contributed by atoms with van der Waals surface area (Å²) in [5, 5.41) is 3.33. The van der Waals surface area contributed by atoms with Crippen LogP contribution in [0.2, 0.25) is 10.0 Å². The second-order valence-electron chi connectivity index (χ2n) is 12.7. The van der Waals surface area contributed by atoms with E-state index in [0.717, 1.165) is 5.52 Å². The topological polar surface area (TPSA) is 76.5 Å². The van der Waals surface area contributed by atoms with Gasteiger partial charge < -0.3 is 14.6 Å². The number of hydrogen-bond acceptors (Lipinski definition) is 5. The van der Waals surface area contributed by atoms with Crippen molar-refractivity contribution in [1.29, 1.82) is 0 Å². The molecule has 3 aliphatic rings. The van der Waals surface area contributed by atoms with Crippen LogP contribution in [0.15, 0.2) is 60.7 Å².